The summed E-state index contributed by atoms with van der Waals surface area (Å²) in [5.74, 6) is -0.446. The molecule has 5 rings (SSSR count). The second kappa shape index (κ2) is 10.9. The third-order valence-corrected chi connectivity index (χ3v) is 8.04. The fourth-order valence-corrected chi connectivity index (χ4v) is 6.08. The molecule has 0 amide bonds. The number of piperidine rings is 1. The van der Waals surface area contributed by atoms with E-state index >= 15 is 0 Å². The topological polar surface area (TPSA) is 68.4 Å². The van der Waals surface area contributed by atoms with Gasteiger partial charge in [-0.2, -0.15) is 0 Å². The minimum Gasteiger partial charge on any atom is -0.464 e. The fraction of sp³-hybridized carbons (Fsp3) is 0.692. The Labute approximate surface area is 207 Å². The van der Waals surface area contributed by atoms with E-state index in [9.17, 15) is 9.59 Å². The van der Waals surface area contributed by atoms with Gasteiger partial charge in [-0.3, -0.25) is 14.5 Å². The number of likely N-dealkylation sites (N-methyl/N-ethyl adjacent to an activating group) is 1. The molecule has 1 unspecified atom stereocenters. The number of esters is 2. The first kappa shape index (κ1) is 24.7. The first-order valence-corrected chi connectivity index (χ1v) is 12.4. The van der Waals surface area contributed by atoms with Crippen molar-refractivity contribution in [2.75, 3.05) is 13.7 Å². The highest BCUT2D eigenvalue weighted by Gasteiger charge is 2.62. The molecule has 1 aromatic rings. The van der Waals surface area contributed by atoms with Gasteiger partial charge in [0.2, 0.25) is 0 Å². The standard InChI is InChI=1S/C26H35NO5.BrH/c1-27-21-14-19(15-22(27)25-24(21)32-25)31-26(29)20(18-10-6-3-7-11-18)16-30-23(28)13-12-17-8-4-2-5-9-17;/h3,6-7,10-11,17,19-22,24-25H,2,4-5,8-9,12-16H2,1H3;1H/t19?,20-,21-,22+,24-,25+;/m1./s1. The second-order valence-corrected chi connectivity index (χ2v) is 10.1. The molecule has 33 heavy (non-hydrogen) atoms. The fourth-order valence-electron chi connectivity index (χ4n) is 6.08. The van der Waals surface area contributed by atoms with Crippen LogP contribution < -0.4 is 0 Å². The van der Waals surface area contributed by atoms with Gasteiger partial charge in [0.15, 0.2) is 0 Å². The average molecular weight is 522 g/mol. The molecule has 0 radical (unpaired) electrons. The third-order valence-electron chi connectivity index (χ3n) is 8.04. The monoisotopic (exact) mass is 521 g/mol. The number of fused-ring (bicyclic) bond motifs is 5. The van der Waals surface area contributed by atoms with Gasteiger partial charge < -0.3 is 14.2 Å². The third kappa shape index (κ3) is 5.63. The van der Waals surface area contributed by atoms with Crippen molar-refractivity contribution in [3.05, 3.63) is 35.9 Å². The van der Waals surface area contributed by atoms with E-state index in [0.29, 0.717) is 36.6 Å². The normalized spacial score (nSPS) is 31.7. The van der Waals surface area contributed by atoms with Crippen molar-refractivity contribution < 1.29 is 23.8 Å². The number of hydrogen-bond acceptors (Lipinski definition) is 6. The number of rotatable bonds is 8. The van der Waals surface area contributed by atoms with Crippen LogP contribution in [0.2, 0.25) is 0 Å². The summed E-state index contributed by atoms with van der Waals surface area (Å²) >= 11 is 0. The van der Waals surface area contributed by atoms with E-state index in [4.69, 9.17) is 14.2 Å². The van der Waals surface area contributed by atoms with E-state index < -0.39 is 5.92 Å². The van der Waals surface area contributed by atoms with E-state index in [-0.39, 0.29) is 41.6 Å². The van der Waals surface area contributed by atoms with Crippen LogP contribution in [0.1, 0.15) is 69.3 Å². The molecule has 1 aliphatic carbocycles. The van der Waals surface area contributed by atoms with Gasteiger partial charge in [0.05, 0.1) is 0 Å². The lowest BCUT2D eigenvalue weighted by molar-refractivity contribution is -0.159. The molecule has 6 nitrogen and oxygen atoms in total. The van der Waals surface area contributed by atoms with Gasteiger partial charge in [0.1, 0.15) is 30.8 Å². The predicted molar refractivity (Wildman–Crippen MR) is 129 cm³/mol. The number of benzene rings is 1. The largest absolute Gasteiger partial charge is 0.464 e. The molecule has 6 atom stereocenters. The number of halogens is 1. The molecular formula is C26H36BrNO5. The van der Waals surface area contributed by atoms with Gasteiger partial charge >= 0.3 is 11.9 Å². The summed E-state index contributed by atoms with van der Waals surface area (Å²) in [6.07, 6.45) is 9.76. The summed E-state index contributed by atoms with van der Waals surface area (Å²) in [6.45, 7) is 0.0419. The van der Waals surface area contributed by atoms with Crippen LogP contribution in [0.15, 0.2) is 30.3 Å². The molecule has 4 fully saturated rings. The highest BCUT2D eigenvalue weighted by Crippen LogP contribution is 2.48. The first-order valence-electron chi connectivity index (χ1n) is 12.4. The highest BCUT2D eigenvalue weighted by atomic mass is 79.9. The van der Waals surface area contributed by atoms with E-state index in [1.165, 1.54) is 32.1 Å². The molecule has 3 aliphatic heterocycles. The Kier molecular flexibility index (Phi) is 8.13. The van der Waals surface area contributed by atoms with Crippen LogP contribution in [0.25, 0.3) is 0 Å². The van der Waals surface area contributed by atoms with E-state index in [0.717, 1.165) is 24.8 Å². The summed E-state index contributed by atoms with van der Waals surface area (Å²) in [5, 5.41) is 0. The second-order valence-electron chi connectivity index (χ2n) is 10.1. The maximum absolute atomic E-state index is 13.2. The molecule has 4 aliphatic rings. The van der Waals surface area contributed by atoms with Crippen LogP contribution in [0.3, 0.4) is 0 Å². The van der Waals surface area contributed by atoms with Crippen molar-refractivity contribution in [1.29, 1.82) is 0 Å². The molecule has 1 saturated carbocycles. The van der Waals surface area contributed by atoms with Crippen molar-refractivity contribution in [3.63, 3.8) is 0 Å². The first-order chi connectivity index (χ1) is 15.6. The van der Waals surface area contributed by atoms with Gasteiger partial charge in [-0.25, -0.2) is 0 Å². The minimum atomic E-state index is -0.585. The lowest BCUT2D eigenvalue weighted by Gasteiger charge is -2.38. The maximum atomic E-state index is 13.2. The zero-order valence-electron chi connectivity index (χ0n) is 19.4. The Balaban J connectivity index is 0.00000259. The van der Waals surface area contributed by atoms with Crippen molar-refractivity contribution in [1.82, 2.24) is 4.90 Å². The van der Waals surface area contributed by atoms with E-state index in [1.807, 2.05) is 30.3 Å². The van der Waals surface area contributed by atoms with Crippen molar-refractivity contribution >= 4 is 28.9 Å². The molecule has 182 valence electrons. The SMILES string of the molecule is Br.CN1[C@@H]2CC(OC(=O)[C@H](COC(=O)CCC3CCCCC3)c3ccccc3)C[C@H]1[C@@H]1O[C@@H]12. The molecule has 0 aromatic heterocycles. The van der Waals surface area contributed by atoms with Crippen LogP contribution in [-0.4, -0.2) is 60.9 Å². The van der Waals surface area contributed by atoms with Gasteiger partial charge in [0, 0.05) is 31.3 Å². The minimum absolute atomic E-state index is 0. The quantitative estimate of drug-likeness (QED) is 0.372. The Morgan fingerprint density at radius 2 is 1.73 bits per heavy atom. The summed E-state index contributed by atoms with van der Waals surface area (Å²) < 4.78 is 17.3. The molecular weight excluding hydrogens is 486 g/mol. The molecule has 1 aromatic carbocycles. The number of hydrogen-bond donors (Lipinski definition) is 0. The number of nitrogens with zero attached hydrogens (tertiary/aromatic N) is 1. The predicted octanol–water partition coefficient (Wildman–Crippen LogP) is 4.41. The van der Waals surface area contributed by atoms with Gasteiger partial charge in [-0.15, -0.1) is 17.0 Å². The Bertz CT molecular complexity index is 796. The maximum Gasteiger partial charge on any atom is 0.317 e. The molecule has 2 bridgehead atoms. The molecule has 7 heteroatoms. The zero-order valence-corrected chi connectivity index (χ0v) is 21.1. The molecule has 3 heterocycles. The number of carbonyl (C=O) groups excluding carboxylic acids is 2. The highest BCUT2D eigenvalue weighted by molar-refractivity contribution is 8.93. The number of carbonyl (C=O) groups is 2. The summed E-state index contributed by atoms with van der Waals surface area (Å²) in [4.78, 5) is 28.0. The number of epoxide rings is 1. The van der Waals surface area contributed by atoms with Crippen LogP contribution in [0, 0.1) is 5.92 Å². The van der Waals surface area contributed by atoms with Crippen LogP contribution in [0.4, 0.5) is 0 Å². The van der Waals surface area contributed by atoms with Crippen LogP contribution in [-0.2, 0) is 23.8 Å². The zero-order chi connectivity index (χ0) is 22.1. The lowest BCUT2D eigenvalue weighted by Crippen LogP contribution is -2.48. The Hall–Kier alpha value is -1.44. The average Bonchev–Trinajstić information content (AvgIpc) is 3.58. The Morgan fingerprint density at radius 1 is 1.06 bits per heavy atom. The molecule has 0 spiro atoms. The smallest absolute Gasteiger partial charge is 0.317 e. The van der Waals surface area contributed by atoms with Crippen LogP contribution >= 0.6 is 17.0 Å². The van der Waals surface area contributed by atoms with Gasteiger partial charge in [0.25, 0.3) is 0 Å². The van der Waals surface area contributed by atoms with Gasteiger partial charge in [-0.1, -0.05) is 62.4 Å². The summed E-state index contributed by atoms with van der Waals surface area (Å²) in [7, 11) is 2.14. The van der Waals surface area contributed by atoms with E-state index in [2.05, 4.69) is 11.9 Å². The van der Waals surface area contributed by atoms with Crippen LogP contribution in [0.5, 0.6) is 0 Å². The van der Waals surface area contributed by atoms with Crippen molar-refractivity contribution in [2.24, 2.45) is 5.92 Å². The number of ether oxygens (including phenoxy) is 3. The van der Waals surface area contributed by atoms with Crippen molar-refractivity contribution in [2.45, 2.75) is 94.1 Å². The number of morpholine rings is 1. The van der Waals surface area contributed by atoms with Crippen molar-refractivity contribution in [3.8, 4) is 0 Å². The Morgan fingerprint density at radius 3 is 2.39 bits per heavy atom. The molecule has 3 saturated heterocycles. The van der Waals surface area contributed by atoms with E-state index in [1.54, 1.807) is 0 Å². The summed E-state index contributed by atoms with van der Waals surface area (Å²) in [6, 6.07) is 10.2. The molecule has 0 N–H and O–H groups in total. The van der Waals surface area contributed by atoms with Gasteiger partial charge in [-0.05, 0) is 24.9 Å². The summed E-state index contributed by atoms with van der Waals surface area (Å²) in [5.41, 5.74) is 0.833. The lowest BCUT2D eigenvalue weighted by atomic mass is 9.86.